The van der Waals surface area contributed by atoms with Gasteiger partial charge in [-0.25, -0.2) is 0 Å². The Morgan fingerprint density at radius 2 is 0.610 bits per heavy atom. The first-order valence-corrected chi connectivity index (χ1v) is 25.8. The van der Waals surface area contributed by atoms with Crippen molar-refractivity contribution in [1.29, 1.82) is 0 Å². The fourth-order valence-electron chi connectivity index (χ4n) is 7.53. The van der Waals surface area contributed by atoms with Crippen LogP contribution in [0.3, 0.4) is 0 Å². The van der Waals surface area contributed by atoms with Crippen molar-refractivity contribution in [1.82, 2.24) is 0 Å². The Hall–Kier alpha value is -2.11. The van der Waals surface area contributed by atoms with Gasteiger partial charge in [-0.1, -0.05) is 231 Å². The summed E-state index contributed by atoms with van der Waals surface area (Å²) in [6.45, 7) is 6.62. The number of esters is 3. The molecular formula is C53H98O6. The Morgan fingerprint density at radius 3 is 0.932 bits per heavy atom. The van der Waals surface area contributed by atoms with E-state index in [2.05, 4.69) is 45.1 Å². The molecule has 0 aromatic rings. The Kier molecular flexibility index (Phi) is 46.8. The molecule has 6 heteroatoms. The van der Waals surface area contributed by atoms with Gasteiger partial charge >= 0.3 is 17.9 Å². The molecule has 0 spiro atoms. The Bertz CT molecular complexity index is 958. The van der Waals surface area contributed by atoms with Gasteiger partial charge in [-0.15, -0.1) is 0 Å². The van der Waals surface area contributed by atoms with Gasteiger partial charge in [0.1, 0.15) is 13.2 Å². The van der Waals surface area contributed by atoms with Crippen LogP contribution in [-0.4, -0.2) is 37.2 Å². The van der Waals surface area contributed by atoms with Gasteiger partial charge in [0.05, 0.1) is 0 Å². The topological polar surface area (TPSA) is 78.9 Å². The number of ether oxygens (including phenoxy) is 3. The van der Waals surface area contributed by atoms with Crippen molar-refractivity contribution in [2.24, 2.45) is 0 Å². The monoisotopic (exact) mass is 831 g/mol. The summed E-state index contributed by atoms with van der Waals surface area (Å²) < 4.78 is 16.7. The van der Waals surface area contributed by atoms with E-state index in [1.807, 2.05) is 0 Å². The summed E-state index contributed by atoms with van der Waals surface area (Å²) in [5, 5.41) is 0. The fourth-order valence-corrected chi connectivity index (χ4v) is 7.53. The van der Waals surface area contributed by atoms with Crippen LogP contribution in [0.2, 0.25) is 0 Å². The Balaban J connectivity index is 4.21. The number of allylic oxidation sites excluding steroid dienone is 4. The van der Waals surface area contributed by atoms with Crippen LogP contribution < -0.4 is 0 Å². The molecule has 0 amide bonds. The highest BCUT2D eigenvalue weighted by molar-refractivity contribution is 5.71. The molecule has 0 saturated carbocycles. The summed E-state index contributed by atoms with van der Waals surface area (Å²) in [5.41, 5.74) is 0. The zero-order chi connectivity index (χ0) is 43.0. The first-order valence-electron chi connectivity index (χ1n) is 25.8. The second kappa shape index (κ2) is 48.6. The highest BCUT2D eigenvalue weighted by Crippen LogP contribution is 2.15. The van der Waals surface area contributed by atoms with Crippen molar-refractivity contribution in [3.05, 3.63) is 24.3 Å². The van der Waals surface area contributed by atoms with Crippen LogP contribution in [0.4, 0.5) is 0 Å². The molecular weight excluding hydrogens is 733 g/mol. The van der Waals surface area contributed by atoms with Crippen molar-refractivity contribution >= 4 is 17.9 Å². The third-order valence-electron chi connectivity index (χ3n) is 11.5. The summed E-state index contributed by atoms with van der Waals surface area (Å²) in [5.74, 6) is -0.864. The lowest BCUT2D eigenvalue weighted by atomic mass is 10.1. The maximum atomic E-state index is 12.7. The molecule has 1 atom stereocenters. The molecule has 0 fully saturated rings. The molecule has 0 aromatic heterocycles. The maximum absolute atomic E-state index is 12.7. The summed E-state index contributed by atoms with van der Waals surface area (Å²) >= 11 is 0. The zero-order valence-corrected chi connectivity index (χ0v) is 39.5. The van der Waals surface area contributed by atoms with Crippen LogP contribution in [-0.2, 0) is 28.6 Å². The SMILES string of the molecule is CCCCCCC/C=C\C/C=C\CCCCCCCCCCCC(=O)OCC(COC(=O)CCCCCCCCCCC)OC(=O)CCCCCCCCCCCCC. The van der Waals surface area contributed by atoms with Gasteiger partial charge in [0.25, 0.3) is 0 Å². The largest absolute Gasteiger partial charge is 0.462 e. The predicted molar refractivity (Wildman–Crippen MR) is 252 cm³/mol. The van der Waals surface area contributed by atoms with Crippen LogP contribution in [0.5, 0.6) is 0 Å². The van der Waals surface area contributed by atoms with E-state index in [1.54, 1.807) is 0 Å². The van der Waals surface area contributed by atoms with E-state index in [4.69, 9.17) is 14.2 Å². The Labute approximate surface area is 366 Å². The number of hydrogen-bond donors (Lipinski definition) is 0. The molecule has 0 radical (unpaired) electrons. The quantitative estimate of drug-likeness (QED) is 0.0263. The molecule has 0 bridgehead atoms. The minimum atomic E-state index is -0.765. The fraction of sp³-hybridized carbons (Fsp3) is 0.868. The van der Waals surface area contributed by atoms with Crippen molar-refractivity contribution in [3.8, 4) is 0 Å². The lowest BCUT2D eigenvalue weighted by molar-refractivity contribution is -0.167. The van der Waals surface area contributed by atoms with Crippen molar-refractivity contribution in [3.63, 3.8) is 0 Å². The number of unbranched alkanes of at least 4 members (excludes halogenated alkanes) is 32. The van der Waals surface area contributed by atoms with E-state index in [1.165, 1.54) is 173 Å². The third-order valence-corrected chi connectivity index (χ3v) is 11.5. The smallest absolute Gasteiger partial charge is 0.306 e. The molecule has 0 aliphatic rings. The van der Waals surface area contributed by atoms with Gasteiger partial charge in [-0.2, -0.15) is 0 Å². The van der Waals surface area contributed by atoms with Gasteiger partial charge in [-0.05, 0) is 51.4 Å². The lowest BCUT2D eigenvalue weighted by Gasteiger charge is -2.18. The number of carbonyl (C=O) groups is 3. The van der Waals surface area contributed by atoms with Gasteiger partial charge in [0, 0.05) is 19.3 Å². The van der Waals surface area contributed by atoms with Gasteiger partial charge in [0.2, 0.25) is 0 Å². The van der Waals surface area contributed by atoms with Crippen LogP contribution >= 0.6 is 0 Å². The van der Waals surface area contributed by atoms with Crippen LogP contribution in [0.25, 0.3) is 0 Å². The number of hydrogen-bond acceptors (Lipinski definition) is 6. The molecule has 0 rings (SSSR count). The predicted octanol–water partition coefficient (Wildman–Crippen LogP) is 16.8. The minimum Gasteiger partial charge on any atom is -0.462 e. The average Bonchev–Trinajstić information content (AvgIpc) is 3.23. The molecule has 59 heavy (non-hydrogen) atoms. The van der Waals surface area contributed by atoms with E-state index in [0.717, 1.165) is 64.2 Å². The van der Waals surface area contributed by atoms with E-state index in [9.17, 15) is 14.4 Å². The molecule has 0 saturated heterocycles. The van der Waals surface area contributed by atoms with Gasteiger partial charge in [-0.3, -0.25) is 14.4 Å². The van der Waals surface area contributed by atoms with Crippen molar-refractivity contribution in [2.75, 3.05) is 13.2 Å². The van der Waals surface area contributed by atoms with E-state index in [0.29, 0.717) is 19.3 Å². The van der Waals surface area contributed by atoms with Crippen LogP contribution in [0.15, 0.2) is 24.3 Å². The van der Waals surface area contributed by atoms with Crippen LogP contribution in [0.1, 0.15) is 278 Å². The molecule has 0 aliphatic heterocycles. The van der Waals surface area contributed by atoms with E-state index in [-0.39, 0.29) is 31.1 Å². The lowest BCUT2D eigenvalue weighted by Crippen LogP contribution is -2.30. The second-order valence-electron chi connectivity index (χ2n) is 17.4. The molecule has 0 N–H and O–H groups in total. The third kappa shape index (κ3) is 46.8. The molecule has 1 unspecified atom stereocenters. The summed E-state index contributed by atoms with van der Waals surface area (Å²) in [6, 6.07) is 0. The van der Waals surface area contributed by atoms with Crippen molar-refractivity contribution < 1.29 is 28.6 Å². The van der Waals surface area contributed by atoms with Crippen LogP contribution in [0, 0.1) is 0 Å². The van der Waals surface area contributed by atoms with Gasteiger partial charge in [0.15, 0.2) is 6.10 Å². The highest BCUT2D eigenvalue weighted by Gasteiger charge is 2.19. The minimum absolute atomic E-state index is 0.0683. The first-order chi connectivity index (χ1) is 29.0. The molecule has 0 aliphatic carbocycles. The first kappa shape index (κ1) is 56.9. The molecule has 0 aromatic carbocycles. The molecule has 6 nitrogen and oxygen atoms in total. The number of carbonyl (C=O) groups excluding carboxylic acids is 3. The number of rotatable bonds is 47. The summed E-state index contributed by atoms with van der Waals surface area (Å²) in [6.07, 6.45) is 54.5. The van der Waals surface area contributed by atoms with Crippen molar-refractivity contribution in [2.45, 2.75) is 284 Å². The average molecular weight is 831 g/mol. The summed E-state index contributed by atoms with van der Waals surface area (Å²) in [7, 11) is 0. The molecule has 0 heterocycles. The standard InChI is InChI=1S/C53H98O6/c1-4-7-10-13-16-19-21-22-23-24-25-26-27-28-29-30-32-34-37-40-43-46-52(55)58-49-50(48-57-51(54)45-42-39-36-33-18-15-12-9-6-3)59-53(56)47-44-41-38-35-31-20-17-14-11-8-5-2/h21-22,24-25,50H,4-20,23,26-49H2,1-3H3/b22-21-,25-24-. The zero-order valence-electron chi connectivity index (χ0n) is 39.5. The summed E-state index contributed by atoms with van der Waals surface area (Å²) in [4.78, 5) is 37.8. The highest BCUT2D eigenvalue weighted by atomic mass is 16.6. The van der Waals surface area contributed by atoms with E-state index < -0.39 is 6.10 Å². The van der Waals surface area contributed by atoms with Gasteiger partial charge < -0.3 is 14.2 Å². The maximum Gasteiger partial charge on any atom is 0.306 e. The molecule has 346 valence electrons. The van der Waals surface area contributed by atoms with E-state index >= 15 is 0 Å². The Morgan fingerprint density at radius 1 is 0.339 bits per heavy atom. The normalized spacial score (nSPS) is 12.1. The second-order valence-corrected chi connectivity index (χ2v) is 17.4.